The molecule has 112 valence electrons. The predicted octanol–water partition coefficient (Wildman–Crippen LogP) is 2.52. The van der Waals surface area contributed by atoms with Crippen LogP contribution in [0, 0.1) is 0 Å². The number of amides is 1. The number of carbonyl (C=O) groups excluding carboxylic acids is 1. The molecule has 1 aromatic carbocycles. The maximum absolute atomic E-state index is 12.1. The highest BCUT2D eigenvalue weighted by Crippen LogP contribution is 2.22. The van der Waals surface area contributed by atoms with Crippen LogP contribution in [0.15, 0.2) is 24.3 Å². The minimum absolute atomic E-state index is 0.0196. The quantitative estimate of drug-likeness (QED) is 0.898. The van der Waals surface area contributed by atoms with E-state index in [1.165, 1.54) is 0 Å². The fraction of sp³-hybridized carbons (Fsp3) is 0.500. The highest BCUT2D eigenvalue weighted by atomic mass is 19.4. The number of aliphatic hydroxyl groups excluding tert-OH is 1. The topological polar surface area (TPSA) is 49.3 Å². The molecular weight excluding hydrogens is 271 g/mol. The summed E-state index contributed by atoms with van der Waals surface area (Å²) < 4.78 is 36.3. The average molecular weight is 289 g/mol. The summed E-state index contributed by atoms with van der Waals surface area (Å²) in [5, 5.41) is 10.8. The summed E-state index contributed by atoms with van der Waals surface area (Å²) in [7, 11) is 0. The molecule has 0 aromatic heterocycles. The van der Waals surface area contributed by atoms with Crippen molar-refractivity contribution >= 4 is 5.91 Å². The number of rotatable bonds is 3. The molecule has 0 saturated heterocycles. The van der Waals surface area contributed by atoms with Gasteiger partial charge in [0.15, 0.2) is 0 Å². The van der Waals surface area contributed by atoms with Crippen LogP contribution in [0.3, 0.4) is 0 Å². The zero-order valence-electron chi connectivity index (χ0n) is 11.6. The smallest absolute Gasteiger partial charge is 0.376 e. The van der Waals surface area contributed by atoms with Crippen LogP contribution in [-0.4, -0.2) is 23.3 Å². The number of hydrogen-bond acceptors (Lipinski definition) is 2. The van der Waals surface area contributed by atoms with Gasteiger partial charge in [0.2, 0.25) is 6.10 Å². The van der Waals surface area contributed by atoms with E-state index in [9.17, 15) is 18.0 Å². The summed E-state index contributed by atoms with van der Waals surface area (Å²) in [6.07, 6.45) is -7.93. The standard InChI is InChI=1S/C14H18F3NO2/c1-13(2,3)10-6-4-9(5-7-10)8-18-12(20)11(19)14(15,16)17/h4-7,11,19H,8H2,1-3H3,(H,18,20). The van der Waals surface area contributed by atoms with Crippen molar-refractivity contribution < 1.29 is 23.1 Å². The van der Waals surface area contributed by atoms with Crippen LogP contribution in [0.4, 0.5) is 13.2 Å². The number of hydrogen-bond donors (Lipinski definition) is 2. The van der Waals surface area contributed by atoms with Gasteiger partial charge in [-0.25, -0.2) is 0 Å². The number of benzene rings is 1. The molecule has 2 N–H and O–H groups in total. The van der Waals surface area contributed by atoms with Gasteiger partial charge in [0.25, 0.3) is 5.91 Å². The second kappa shape index (κ2) is 5.83. The van der Waals surface area contributed by atoms with Gasteiger partial charge >= 0.3 is 6.18 Å². The van der Waals surface area contributed by atoms with Crippen LogP contribution in [0.5, 0.6) is 0 Å². The largest absolute Gasteiger partial charge is 0.423 e. The van der Waals surface area contributed by atoms with Crippen molar-refractivity contribution in [1.82, 2.24) is 5.32 Å². The first-order valence-corrected chi connectivity index (χ1v) is 6.14. The summed E-state index contributed by atoms with van der Waals surface area (Å²) in [6, 6.07) is 7.20. The fourth-order valence-corrected chi connectivity index (χ4v) is 1.56. The summed E-state index contributed by atoms with van der Waals surface area (Å²) in [5.41, 5.74) is 1.73. The highest BCUT2D eigenvalue weighted by molar-refractivity contribution is 5.81. The highest BCUT2D eigenvalue weighted by Gasteiger charge is 2.43. The number of carbonyl (C=O) groups is 1. The van der Waals surface area contributed by atoms with Gasteiger partial charge in [-0.15, -0.1) is 0 Å². The Kier molecular flexibility index (Phi) is 4.81. The van der Waals surface area contributed by atoms with Gasteiger partial charge in [0.05, 0.1) is 0 Å². The molecule has 0 fully saturated rings. The van der Waals surface area contributed by atoms with Crippen LogP contribution in [-0.2, 0) is 16.8 Å². The molecule has 0 spiro atoms. The van der Waals surface area contributed by atoms with E-state index in [1.54, 1.807) is 12.1 Å². The minimum atomic E-state index is -4.94. The molecular formula is C14H18F3NO2. The minimum Gasteiger partial charge on any atom is -0.376 e. The fourth-order valence-electron chi connectivity index (χ4n) is 1.56. The third-order valence-corrected chi connectivity index (χ3v) is 2.85. The van der Waals surface area contributed by atoms with Gasteiger partial charge < -0.3 is 10.4 Å². The molecule has 0 aliphatic heterocycles. The monoisotopic (exact) mass is 289 g/mol. The van der Waals surface area contributed by atoms with Crippen LogP contribution in [0.25, 0.3) is 0 Å². The van der Waals surface area contributed by atoms with Gasteiger partial charge in [0, 0.05) is 6.54 Å². The van der Waals surface area contributed by atoms with Gasteiger partial charge in [0.1, 0.15) is 0 Å². The number of nitrogens with one attached hydrogen (secondary N) is 1. The van der Waals surface area contributed by atoms with E-state index < -0.39 is 18.2 Å². The van der Waals surface area contributed by atoms with Crippen LogP contribution in [0.1, 0.15) is 31.9 Å². The van der Waals surface area contributed by atoms with Crippen LogP contribution >= 0.6 is 0 Å². The van der Waals surface area contributed by atoms with E-state index in [1.807, 2.05) is 32.9 Å². The first-order chi connectivity index (χ1) is 9.01. The third-order valence-electron chi connectivity index (χ3n) is 2.85. The van der Waals surface area contributed by atoms with E-state index in [-0.39, 0.29) is 12.0 Å². The van der Waals surface area contributed by atoms with E-state index >= 15 is 0 Å². The molecule has 6 heteroatoms. The van der Waals surface area contributed by atoms with Gasteiger partial charge in [-0.3, -0.25) is 4.79 Å². The molecule has 1 aromatic rings. The predicted molar refractivity (Wildman–Crippen MR) is 69.1 cm³/mol. The molecule has 0 bridgehead atoms. The molecule has 0 radical (unpaired) electrons. The van der Waals surface area contributed by atoms with Crippen molar-refractivity contribution in [2.45, 2.75) is 45.0 Å². The molecule has 1 amide bonds. The van der Waals surface area contributed by atoms with Crippen LogP contribution in [0.2, 0.25) is 0 Å². The molecule has 3 nitrogen and oxygen atoms in total. The normalized spacial score (nSPS) is 13.9. The van der Waals surface area contributed by atoms with Gasteiger partial charge in [-0.05, 0) is 16.5 Å². The molecule has 0 heterocycles. The van der Waals surface area contributed by atoms with Gasteiger partial charge in [-0.2, -0.15) is 13.2 Å². The molecule has 1 atom stereocenters. The molecule has 0 saturated carbocycles. The van der Waals surface area contributed by atoms with Crippen molar-refractivity contribution in [2.75, 3.05) is 0 Å². The number of alkyl halides is 3. The second-order valence-electron chi connectivity index (χ2n) is 5.61. The zero-order valence-corrected chi connectivity index (χ0v) is 11.6. The SMILES string of the molecule is CC(C)(C)c1ccc(CNC(=O)C(O)C(F)(F)F)cc1. The molecule has 1 rings (SSSR count). The van der Waals surface area contributed by atoms with Crippen molar-refractivity contribution in [3.8, 4) is 0 Å². The summed E-state index contributed by atoms with van der Waals surface area (Å²) in [6.45, 7) is 6.08. The van der Waals surface area contributed by atoms with E-state index in [4.69, 9.17) is 5.11 Å². The zero-order chi connectivity index (χ0) is 15.6. The second-order valence-corrected chi connectivity index (χ2v) is 5.61. The Labute approximate surface area is 115 Å². The summed E-state index contributed by atoms with van der Waals surface area (Å²) in [5.74, 6) is -1.45. The first kappa shape index (κ1) is 16.5. The lowest BCUT2D eigenvalue weighted by Crippen LogP contribution is -2.43. The molecule has 0 aliphatic carbocycles. The lowest BCUT2D eigenvalue weighted by molar-refractivity contribution is -0.205. The first-order valence-electron chi connectivity index (χ1n) is 6.14. The Morgan fingerprint density at radius 2 is 1.70 bits per heavy atom. The maximum atomic E-state index is 12.1. The van der Waals surface area contributed by atoms with E-state index in [2.05, 4.69) is 5.32 Å². The number of aliphatic hydroxyl groups is 1. The van der Waals surface area contributed by atoms with Crippen LogP contribution < -0.4 is 5.32 Å². The Bertz CT molecular complexity index is 461. The third kappa shape index (κ3) is 4.52. The summed E-state index contributed by atoms with van der Waals surface area (Å²) in [4.78, 5) is 11.1. The van der Waals surface area contributed by atoms with Crippen molar-refractivity contribution in [3.63, 3.8) is 0 Å². The Balaban J connectivity index is 2.61. The van der Waals surface area contributed by atoms with Crippen molar-refractivity contribution in [2.24, 2.45) is 0 Å². The molecule has 0 aliphatic rings. The average Bonchev–Trinajstić information content (AvgIpc) is 2.33. The molecule has 1 unspecified atom stereocenters. The molecule has 20 heavy (non-hydrogen) atoms. The summed E-state index contributed by atoms with van der Waals surface area (Å²) >= 11 is 0. The van der Waals surface area contributed by atoms with Crippen molar-refractivity contribution in [1.29, 1.82) is 0 Å². The van der Waals surface area contributed by atoms with E-state index in [0.717, 1.165) is 5.56 Å². The Morgan fingerprint density at radius 1 is 1.20 bits per heavy atom. The van der Waals surface area contributed by atoms with E-state index in [0.29, 0.717) is 5.56 Å². The Hall–Kier alpha value is -1.56. The van der Waals surface area contributed by atoms with Gasteiger partial charge in [-0.1, -0.05) is 45.0 Å². The Morgan fingerprint density at radius 3 is 2.10 bits per heavy atom. The maximum Gasteiger partial charge on any atom is 0.423 e. The number of halogens is 3. The lowest BCUT2D eigenvalue weighted by Gasteiger charge is -2.19. The van der Waals surface area contributed by atoms with Crippen molar-refractivity contribution in [3.05, 3.63) is 35.4 Å². The lowest BCUT2D eigenvalue weighted by atomic mass is 9.87.